The molecular formula is C27H23N3O5. The molecule has 35 heavy (non-hydrogen) atoms. The van der Waals surface area contributed by atoms with Crippen molar-refractivity contribution < 1.29 is 23.5 Å². The lowest BCUT2D eigenvalue weighted by molar-refractivity contribution is -0.159. The number of esters is 1. The second-order valence-electron chi connectivity index (χ2n) is 8.87. The average Bonchev–Trinajstić information content (AvgIpc) is 3.53. The fourth-order valence-electron chi connectivity index (χ4n) is 5.31. The van der Waals surface area contributed by atoms with Crippen LogP contribution in [-0.2, 0) is 27.3 Å². The Morgan fingerprint density at radius 1 is 1.09 bits per heavy atom. The average molecular weight is 469 g/mol. The maximum absolute atomic E-state index is 13.7. The Morgan fingerprint density at radius 3 is 2.63 bits per heavy atom. The summed E-state index contributed by atoms with van der Waals surface area (Å²) in [6.45, 7) is 0.226. The number of nitrogens with one attached hydrogen (secondary N) is 1. The van der Waals surface area contributed by atoms with Gasteiger partial charge in [-0.2, -0.15) is 0 Å². The van der Waals surface area contributed by atoms with E-state index in [-0.39, 0.29) is 24.9 Å². The van der Waals surface area contributed by atoms with E-state index in [1.165, 1.54) is 7.11 Å². The Morgan fingerprint density at radius 2 is 1.89 bits per heavy atom. The number of aromatic amines is 1. The van der Waals surface area contributed by atoms with Crippen LogP contribution in [-0.4, -0.2) is 52.3 Å². The molecule has 8 nitrogen and oxygen atoms in total. The van der Waals surface area contributed by atoms with Gasteiger partial charge in [0.2, 0.25) is 11.8 Å². The summed E-state index contributed by atoms with van der Waals surface area (Å²) in [7, 11) is 1.34. The molecule has 0 spiro atoms. The number of ether oxygens (including phenoxy) is 1. The molecule has 6 rings (SSSR count). The van der Waals surface area contributed by atoms with Crippen molar-refractivity contribution in [1.29, 1.82) is 0 Å². The van der Waals surface area contributed by atoms with E-state index in [0.29, 0.717) is 17.7 Å². The lowest BCUT2D eigenvalue weighted by atomic mass is 9.86. The molecule has 2 aliphatic heterocycles. The Kier molecular flexibility index (Phi) is 4.95. The molecule has 176 valence electrons. The second kappa shape index (κ2) is 8.16. The SMILES string of the molecule is COC(=O)c1ccc(C2c3[nH]c4ccccc4c3C[C@H]3C(=O)N(Cc4ccco4)CC(=O)N23)cc1. The number of hydrogen-bond acceptors (Lipinski definition) is 5. The summed E-state index contributed by atoms with van der Waals surface area (Å²) in [6, 6.07) is 17.4. The predicted octanol–water partition coefficient (Wildman–Crippen LogP) is 3.43. The predicted molar refractivity (Wildman–Crippen MR) is 126 cm³/mol. The minimum Gasteiger partial charge on any atom is -0.467 e. The monoisotopic (exact) mass is 469 g/mol. The lowest BCUT2D eigenvalue weighted by Crippen LogP contribution is -2.62. The zero-order valence-corrected chi connectivity index (χ0v) is 19.1. The number of nitrogens with zero attached hydrogens (tertiary/aromatic N) is 2. The summed E-state index contributed by atoms with van der Waals surface area (Å²) in [5.74, 6) is -0.0269. The van der Waals surface area contributed by atoms with Crippen molar-refractivity contribution >= 4 is 28.7 Å². The summed E-state index contributed by atoms with van der Waals surface area (Å²) < 4.78 is 10.2. The number of H-pyrrole nitrogens is 1. The van der Waals surface area contributed by atoms with E-state index in [0.717, 1.165) is 27.7 Å². The number of piperazine rings is 1. The van der Waals surface area contributed by atoms with E-state index in [2.05, 4.69) is 4.98 Å². The third-order valence-corrected chi connectivity index (χ3v) is 6.92. The number of aromatic nitrogens is 1. The summed E-state index contributed by atoms with van der Waals surface area (Å²) in [6.07, 6.45) is 1.99. The number of rotatable bonds is 4. The molecule has 0 bridgehead atoms. The van der Waals surface area contributed by atoms with Crippen molar-refractivity contribution in [2.75, 3.05) is 13.7 Å². The summed E-state index contributed by atoms with van der Waals surface area (Å²) in [4.78, 5) is 46.0. The van der Waals surface area contributed by atoms with Gasteiger partial charge >= 0.3 is 5.97 Å². The Bertz CT molecular complexity index is 1440. The quantitative estimate of drug-likeness (QED) is 0.462. The highest BCUT2D eigenvalue weighted by molar-refractivity contribution is 5.97. The van der Waals surface area contributed by atoms with Crippen LogP contribution in [0, 0.1) is 0 Å². The molecule has 2 aliphatic rings. The number of hydrogen-bond donors (Lipinski definition) is 1. The van der Waals surface area contributed by atoms with Crippen LogP contribution in [0.15, 0.2) is 71.3 Å². The van der Waals surface area contributed by atoms with Crippen LogP contribution in [0.4, 0.5) is 0 Å². The van der Waals surface area contributed by atoms with Crippen molar-refractivity contribution in [3.05, 3.63) is 95.1 Å². The van der Waals surface area contributed by atoms with Gasteiger partial charge in [0.15, 0.2) is 0 Å². The molecule has 1 unspecified atom stereocenters. The van der Waals surface area contributed by atoms with Crippen LogP contribution in [0.5, 0.6) is 0 Å². The highest BCUT2D eigenvalue weighted by Crippen LogP contribution is 2.42. The number of fused-ring (bicyclic) bond motifs is 4. The van der Waals surface area contributed by atoms with Crippen LogP contribution >= 0.6 is 0 Å². The summed E-state index contributed by atoms with van der Waals surface area (Å²) in [5.41, 5.74) is 4.13. The molecule has 0 aliphatic carbocycles. The fraction of sp³-hybridized carbons (Fsp3) is 0.222. The van der Waals surface area contributed by atoms with E-state index in [4.69, 9.17) is 9.15 Å². The minimum atomic E-state index is -0.636. The van der Waals surface area contributed by atoms with E-state index >= 15 is 0 Å². The van der Waals surface area contributed by atoms with Crippen LogP contribution in [0.25, 0.3) is 10.9 Å². The molecule has 2 aromatic heterocycles. The first-order chi connectivity index (χ1) is 17.0. The number of amides is 2. The van der Waals surface area contributed by atoms with E-state index in [1.54, 1.807) is 40.3 Å². The second-order valence-corrected chi connectivity index (χ2v) is 8.87. The Labute approximate surface area is 201 Å². The van der Waals surface area contributed by atoms with Gasteiger partial charge in [-0.05, 0) is 41.5 Å². The first kappa shape index (κ1) is 21.2. The molecular weight excluding hydrogens is 446 g/mol. The molecule has 8 heteroatoms. The number of carbonyl (C=O) groups is 3. The standard InChI is InChI=1S/C27H23N3O5/c1-34-27(33)17-10-8-16(9-11-17)25-24-20(19-6-2-3-7-21(19)28-24)13-22-26(32)29(15-23(31)30(22)25)14-18-5-4-12-35-18/h2-12,22,25,28H,13-15H2,1H3/t22-,25?/m0/s1. The van der Waals surface area contributed by atoms with Crippen molar-refractivity contribution in [2.24, 2.45) is 0 Å². The molecule has 2 atom stereocenters. The van der Waals surface area contributed by atoms with E-state index < -0.39 is 18.1 Å². The van der Waals surface area contributed by atoms with Gasteiger partial charge in [-0.15, -0.1) is 0 Å². The van der Waals surface area contributed by atoms with Gasteiger partial charge in [-0.3, -0.25) is 9.59 Å². The topological polar surface area (TPSA) is 95.9 Å². The maximum atomic E-state index is 13.7. The minimum absolute atomic E-state index is 0.0255. The lowest BCUT2D eigenvalue weighted by Gasteiger charge is -2.47. The van der Waals surface area contributed by atoms with Crippen molar-refractivity contribution in [3.8, 4) is 0 Å². The summed E-state index contributed by atoms with van der Waals surface area (Å²) in [5, 5.41) is 1.04. The number of para-hydroxylation sites is 1. The molecule has 0 radical (unpaired) electrons. The van der Waals surface area contributed by atoms with Gasteiger partial charge in [0.05, 0.1) is 31.5 Å². The van der Waals surface area contributed by atoms with E-state index in [9.17, 15) is 14.4 Å². The third kappa shape index (κ3) is 3.41. The molecule has 1 N–H and O–H groups in total. The van der Waals surface area contributed by atoms with Gasteiger partial charge < -0.3 is 23.9 Å². The first-order valence-corrected chi connectivity index (χ1v) is 11.4. The van der Waals surface area contributed by atoms with Crippen LogP contribution in [0.1, 0.15) is 39.0 Å². The van der Waals surface area contributed by atoms with Gasteiger partial charge in [-0.25, -0.2) is 4.79 Å². The molecule has 4 aromatic rings. The van der Waals surface area contributed by atoms with Crippen molar-refractivity contribution in [3.63, 3.8) is 0 Å². The van der Waals surface area contributed by atoms with Crippen LogP contribution in [0.3, 0.4) is 0 Å². The number of methoxy groups -OCH3 is 1. The van der Waals surface area contributed by atoms with E-state index in [1.807, 2.05) is 36.4 Å². The van der Waals surface area contributed by atoms with Gasteiger partial charge in [-0.1, -0.05) is 30.3 Å². The molecule has 2 aromatic carbocycles. The summed E-state index contributed by atoms with van der Waals surface area (Å²) >= 11 is 0. The van der Waals surface area contributed by atoms with Gasteiger partial charge in [0.25, 0.3) is 0 Å². The molecule has 0 saturated carbocycles. The van der Waals surface area contributed by atoms with Crippen LogP contribution < -0.4 is 0 Å². The van der Waals surface area contributed by atoms with Crippen molar-refractivity contribution in [1.82, 2.24) is 14.8 Å². The maximum Gasteiger partial charge on any atom is 0.337 e. The molecule has 2 amide bonds. The highest BCUT2D eigenvalue weighted by Gasteiger charge is 2.48. The first-order valence-electron chi connectivity index (χ1n) is 11.4. The number of furan rings is 1. The molecule has 1 saturated heterocycles. The Balaban J connectivity index is 1.45. The smallest absolute Gasteiger partial charge is 0.337 e. The van der Waals surface area contributed by atoms with Gasteiger partial charge in [0, 0.05) is 23.0 Å². The third-order valence-electron chi connectivity index (χ3n) is 6.92. The number of carbonyl (C=O) groups excluding carboxylic acids is 3. The zero-order valence-electron chi connectivity index (χ0n) is 19.1. The van der Waals surface area contributed by atoms with Gasteiger partial charge in [0.1, 0.15) is 18.3 Å². The van der Waals surface area contributed by atoms with Crippen molar-refractivity contribution in [2.45, 2.75) is 25.0 Å². The number of benzene rings is 2. The fourth-order valence-corrected chi connectivity index (χ4v) is 5.31. The van der Waals surface area contributed by atoms with Crippen LogP contribution in [0.2, 0.25) is 0 Å². The normalized spacial score (nSPS) is 19.6. The highest BCUT2D eigenvalue weighted by atomic mass is 16.5. The largest absolute Gasteiger partial charge is 0.467 e. The molecule has 1 fully saturated rings. The molecule has 4 heterocycles. The Hall–Kier alpha value is -4.33. The zero-order chi connectivity index (χ0) is 24.1.